The summed E-state index contributed by atoms with van der Waals surface area (Å²) in [5.74, 6) is 0. The van der Waals surface area contributed by atoms with Crippen LogP contribution in [0.5, 0.6) is 0 Å². The average Bonchev–Trinajstić information content (AvgIpc) is 1.79. The highest BCUT2D eigenvalue weighted by Gasteiger charge is 2.23. The van der Waals surface area contributed by atoms with Crippen LogP contribution in [0.15, 0.2) is 0 Å². The Morgan fingerprint density at radius 3 is 2.11 bits per heavy atom. The second-order valence-corrected chi connectivity index (χ2v) is 3.91. The van der Waals surface area contributed by atoms with Crippen molar-refractivity contribution in [2.24, 2.45) is 0 Å². The lowest BCUT2D eigenvalue weighted by atomic mass is 10.7. The van der Waals surface area contributed by atoms with Crippen LogP contribution in [0, 0.1) is 0 Å². The third kappa shape index (κ3) is 3.41. The van der Waals surface area contributed by atoms with Gasteiger partial charge in [-0.25, -0.2) is 0 Å². The summed E-state index contributed by atoms with van der Waals surface area (Å²) in [5.41, 5.74) is 0. The van der Waals surface area contributed by atoms with E-state index >= 15 is 0 Å². The Labute approximate surface area is 63.1 Å². The molecule has 0 aromatic rings. The Morgan fingerprint density at radius 2 is 1.56 bits per heavy atom. The molecule has 1 aliphatic heterocycles. The number of hydrogen-bond acceptors (Lipinski definition) is 3. The van der Waals surface area contributed by atoms with E-state index in [0.717, 1.165) is 0 Å². The number of halogens is 1. The van der Waals surface area contributed by atoms with Crippen LogP contribution in [0.2, 0.25) is 0 Å². The van der Waals surface area contributed by atoms with E-state index < -0.39 is 13.9 Å². The zero-order chi connectivity index (χ0) is 6.53. The molecule has 1 aliphatic rings. The molecule has 1 saturated heterocycles. The molecule has 1 rings (SSSR count). The molecule has 0 aromatic carbocycles. The molecule has 9 heavy (non-hydrogen) atoms. The first-order chi connectivity index (χ1) is 4.39. The molecule has 3 nitrogen and oxygen atoms in total. The Hall–Kier alpha value is 0.702. The lowest BCUT2D eigenvalue weighted by molar-refractivity contribution is 0.0407. The van der Waals surface area contributed by atoms with Gasteiger partial charge in [0.15, 0.2) is 0 Å². The molecule has 0 radical (unpaired) electrons. The smallest absolute Gasteiger partial charge is 0.464 e. The van der Waals surface area contributed by atoms with Crippen LogP contribution < -0.4 is 0 Å². The van der Waals surface area contributed by atoms with Crippen molar-refractivity contribution in [3.05, 3.63) is 0 Å². The summed E-state index contributed by atoms with van der Waals surface area (Å²) in [7, 11) is 5.63. The van der Waals surface area contributed by atoms with Crippen LogP contribution >= 0.6 is 10.0 Å². The number of rotatable bonds is 0. The van der Waals surface area contributed by atoms with Gasteiger partial charge in [0, 0.05) is 13.2 Å². The minimum absolute atomic E-state index is 0.570. The fraction of sp³-hybridized carbons (Fsp3) is 1.00. The first-order valence-electron chi connectivity index (χ1n) is 2.84. The predicted octanol–water partition coefficient (Wildman–Crippen LogP) is 0.273. The Morgan fingerprint density at radius 1 is 1.00 bits per heavy atom. The molecule has 0 bridgehead atoms. The van der Waals surface area contributed by atoms with E-state index in [9.17, 15) is 0 Å². The molecule has 0 amide bonds. The van der Waals surface area contributed by atoms with Gasteiger partial charge in [0.05, 0.1) is 13.2 Å². The Bertz CT molecular complexity index is 74.2. The minimum Gasteiger partial charge on any atom is -0.464 e. The van der Waals surface area contributed by atoms with Crippen LogP contribution in [0.4, 0.5) is 0 Å². The second-order valence-electron chi connectivity index (χ2n) is 1.63. The maximum atomic E-state index is 5.63. The van der Waals surface area contributed by atoms with Gasteiger partial charge in [-0.3, -0.25) is 0 Å². The normalized spacial score (nSPS) is 23.0. The van der Waals surface area contributed by atoms with Crippen molar-refractivity contribution < 1.29 is 12.3 Å². The highest BCUT2D eigenvalue weighted by Crippen LogP contribution is 1.97. The third-order valence-electron chi connectivity index (χ3n) is 0.953. The van der Waals surface area contributed by atoms with Gasteiger partial charge in [0.2, 0.25) is 0 Å². The standard InChI is InChI=1S/C4H8O3.Al.ClH/c5-1-3-7-4-2-6;;/h1-4H2;;1H/q-2;+3;/p-1. The van der Waals surface area contributed by atoms with Crippen molar-refractivity contribution in [2.75, 3.05) is 26.4 Å². The molecule has 0 aromatic heterocycles. The summed E-state index contributed by atoms with van der Waals surface area (Å²) >= 11 is -1.78. The third-order valence-corrected chi connectivity index (χ3v) is 2.70. The monoisotopic (exact) mass is 166 g/mol. The van der Waals surface area contributed by atoms with E-state index in [1.54, 1.807) is 0 Å². The zero-order valence-electron chi connectivity index (χ0n) is 5.01. The van der Waals surface area contributed by atoms with Crippen molar-refractivity contribution in [1.29, 1.82) is 0 Å². The summed E-state index contributed by atoms with van der Waals surface area (Å²) in [6.45, 7) is 2.42. The van der Waals surface area contributed by atoms with Gasteiger partial charge < -0.3 is 12.3 Å². The topological polar surface area (TPSA) is 27.7 Å². The molecule has 0 saturated carbocycles. The van der Waals surface area contributed by atoms with E-state index in [1.807, 2.05) is 0 Å². The van der Waals surface area contributed by atoms with Crippen LogP contribution in [-0.4, -0.2) is 40.3 Å². The van der Waals surface area contributed by atoms with Crippen LogP contribution in [0.3, 0.4) is 0 Å². The quantitative estimate of drug-likeness (QED) is 0.484. The fourth-order valence-electron chi connectivity index (χ4n) is 0.550. The molecular formula is C4H8AlClO3. The van der Waals surface area contributed by atoms with Crippen molar-refractivity contribution in [3.63, 3.8) is 0 Å². The summed E-state index contributed by atoms with van der Waals surface area (Å²) in [6.07, 6.45) is 0. The Kier molecular flexibility index (Phi) is 3.91. The maximum absolute atomic E-state index is 5.63. The van der Waals surface area contributed by atoms with Crippen molar-refractivity contribution >= 4 is 23.9 Å². The molecule has 0 N–H and O–H groups in total. The van der Waals surface area contributed by atoms with Crippen molar-refractivity contribution in [1.82, 2.24) is 0 Å². The maximum Gasteiger partial charge on any atom is 0.813 e. The second kappa shape index (κ2) is 4.51. The SMILES string of the molecule is [Cl][Al]1[O]CCOCC[O]1. The molecular weight excluding hydrogens is 158 g/mol. The zero-order valence-corrected chi connectivity index (χ0v) is 6.92. The molecule has 0 unspecified atom stereocenters. The predicted molar refractivity (Wildman–Crippen MR) is 34.3 cm³/mol. The van der Waals surface area contributed by atoms with E-state index in [4.69, 9.17) is 22.4 Å². The summed E-state index contributed by atoms with van der Waals surface area (Å²) in [5, 5.41) is 0. The summed E-state index contributed by atoms with van der Waals surface area (Å²) < 4.78 is 15.1. The van der Waals surface area contributed by atoms with Gasteiger partial charge >= 0.3 is 13.9 Å². The van der Waals surface area contributed by atoms with Gasteiger partial charge in [-0.05, 0) is 0 Å². The van der Waals surface area contributed by atoms with E-state index in [1.165, 1.54) is 0 Å². The van der Waals surface area contributed by atoms with Gasteiger partial charge in [0.25, 0.3) is 0 Å². The molecule has 0 atom stereocenters. The molecule has 52 valence electrons. The van der Waals surface area contributed by atoms with Crippen LogP contribution in [-0.2, 0) is 12.3 Å². The van der Waals surface area contributed by atoms with Crippen LogP contribution in [0.25, 0.3) is 0 Å². The number of ether oxygens (including phenoxy) is 1. The largest absolute Gasteiger partial charge is 0.813 e. The minimum atomic E-state index is -1.78. The highest BCUT2D eigenvalue weighted by molar-refractivity contribution is 6.99. The summed E-state index contributed by atoms with van der Waals surface area (Å²) in [6, 6.07) is 0. The molecule has 5 heteroatoms. The first-order valence-corrected chi connectivity index (χ1v) is 5.53. The molecule has 1 heterocycles. The number of hydrogen-bond donors (Lipinski definition) is 0. The van der Waals surface area contributed by atoms with E-state index in [-0.39, 0.29) is 0 Å². The average molecular weight is 167 g/mol. The molecule has 1 fully saturated rings. The lowest BCUT2D eigenvalue weighted by Crippen LogP contribution is -2.25. The van der Waals surface area contributed by atoms with Gasteiger partial charge in [0.1, 0.15) is 0 Å². The van der Waals surface area contributed by atoms with Crippen molar-refractivity contribution in [2.45, 2.75) is 0 Å². The van der Waals surface area contributed by atoms with Gasteiger partial charge in [-0.15, -0.1) is 0 Å². The molecule has 0 aliphatic carbocycles. The first kappa shape index (κ1) is 7.81. The van der Waals surface area contributed by atoms with E-state index in [0.29, 0.717) is 26.4 Å². The van der Waals surface area contributed by atoms with Gasteiger partial charge in [-0.2, -0.15) is 10.0 Å². The molecule has 0 spiro atoms. The highest BCUT2D eigenvalue weighted by atomic mass is 35.6. The van der Waals surface area contributed by atoms with E-state index in [2.05, 4.69) is 0 Å². The lowest BCUT2D eigenvalue weighted by Gasteiger charge is -2.12. The fourth-order valence-corrected chi connectivity index (χ4v) is 1.74. The Balaban J connectivity index is 2.12. The van der Waals surface area contributed by atoms with Gasteiger partial charge in [-0.1, -0.05) is 0 Å². The van der Waals surface area contributed by atoms with Crippen molar-refractivity contribution in [3.8, 4) is 0 Å². The summed E-state index contributed by atoms with van der Waals surface area (Å²) in [4.78, 5) is 0. The van der Waals surface area contributed by atoms with Crippen LogP contribution in [0.1, 0.15) is 0 Å².